The van der Waals surface area contributed by atoms with E-state index in [-0.39, 0.29) is 11.2 Å². The summed E-state index contributed by atoms with van der Waals surface area (Å²) in [5.74, 6) is -0.196. The van der Waals surface area contributed by atoms with Crippen LogP contribution in [0.1, 0.15) is 5.56 Å². The first-order chi connectivity index (χ1) is 8.25. The number of hydrogen-bond acceptors (Lipinski definition) is 3. The van der Waals surface area contributed by atoms with Gasteiger partial charge < -0.3 is 4.74 Å². The number of benzene rings is 1. The van der Waals surface area contributed by atoms with Gasteiger partial charge in [-0.3, -0.25) is 4.79 Å². The number of rotatable bonds is 3. The minimum Gasteiger partial charge on any atom is -0.460 e. The highest BCUT2D eigenvalue weighted by atomic mass is 79.9. The molecular weight excluding hydrogens is 300 g/mol. The molecule has 0 aromatic heterocycles. The second-order valence-electron chi connectivity index (χ2n) is 3.50. The van der Waals surface area contributed by atoms with Crippen LogP contribution < -0.4 is 0 Å². The van der Waals surface area contributed by atoms with Crippen molar-refractivity contribution < 1.29 is 9.53 Å². The Hall–Kier alpha value is -1.00. The first-order valence-corrected chi connectivity index (χ1v) is 6.89. The Bertz CT molecular complexity index is 451. The number of esters is 1. The van der Waals surface area contributed by atoms with Crippen LogP contribution in [0.2, 0.25) is 0 Å². The van der Waals surface area contributed by atoms with Crippen LogP contribution >= 0.6 is 27.7 Å². The predicted octanol–water partition coefficient (Wildman–Crippen LogP) is 3.68. The van der Waals surface area contributed by atoms with Crippen molar-refractivity contribution >= 4 is 33.7 Å². The third-order valence-electron chi connectivity index (χ3n) is 2.23. The van der Waals surface area contributed by atoms with Gasteiger partial charge in [-0.1, -0.05) is 46.3 Å². The molecular formula is C13H11BrO2S. The van der Waals surface area contributed by atoms with Crippen LogP contribution in [0.4, 0.5) is 0 Å². The molecule has 0 N–H and O–H groups in total. The summed E-state index contributed by atoms with van der Waals surface area (Å²) < 4.78 is 6.26. The smallest absolute Gasteiger partial charge is 0.323 e. The van der Waals surface area contributed by atoms with Crippen molar-refractivity contribution in [2.75, 3.05) is 0 Å². The van der Waals surface area contributed by atoms with E-state index in [1.165, 1.54) is 11.8 Å². The van der Waals surface area contributed by atoms with Crippen molar-refractivity contribution in [3.8, 4) is 0 Å². The standard InChI is InChI=1S/C13H11BrO2S/c14-11-6-4-10(5-7-11)9-16-13(15)12-3-1-2-8-17-12/h1-8,12H,9H2. The number of carbonyl (C=O) groups is 1. The topological polar surface area (TPSA) is 26.3 Å². The van der Waals surface area contributed by atoms with Crippen LogP contribution in [-0.4, -0.2) is 11.2 Å². The van der Waals surface area contributed by atoms with Crippen molar-refractivity contribution in [1.82, 2.24) is 0 Å². The molecule has 1 aliphatic heterocycles. The molecule has 0 amide bonds. The minimum atomic E-state index is -0.213. The lowest BCUT2D eigenvalue weighted by atomic mass is 10.2. The molecule has 0 fully saturated rings. The molecule has 88 valence electrons. The van der Waals surface area contributed by atoms with Crippen molar-refractivity contribution in [1.29, 1.82) is 0 Å². The highest BCUT2D eigenvalue weighted by Gasteiger charge is 2.17. The molecule has 2 rings (SSSR count). The summed E-state index contributed by atoms with van der Waals surface area (Å²) in [6.45, 7) is 0.320. The predicted molar refractivity (Wildman–Crippen MR) is 73.6 cm³/mol. The van der Waals surface area contributed by atoms with Gasteiger partial charge in [-0.25, -0.2) is 0 Å². The quantitative estimate of drug-likeness (QED) is 0.797. The number of ether oxygens (including phenoxy) is 1. The number of allylic oxidation sites excluding steroid dienone is 2. The summed E-state index contributed by atoms with van der Waals surface area (Å²) >= 11 is 4.82. The molecule has 1 unspecified atom stereocenters. The average molecular weight is 311 g/mol. The zero-order valence-corrected chi connectivity index (χ0v) is 11.4. The molecule has 2 nitrogen and oxygen atoms in total. The monoisotopic (exact) mass is 310 g/mol. The van der Waals surface area contributed by atoms with Gasteiger partial charge in [0.25, 0.3) is 0 Å². The lowest BCUT2D eigenvalue weighted by Gasteiger charge is -2.12. The lowest BCUT2D eigenvalue weighted by Crippen LogP contribution is -2.18. The Kier molecular flexibility index (Phi) is 4.45. The van der Waals surface area contributed by atoms with E-state index in [1.54, 1.807) is 0 Å². The van der Waals surface area contributed by atoms with E-state index in [0.29, 0.717) is 6.61 Å². The minimum absolute atomic E-state index is 0.196. The second-order valence-corrected chi connectivity index (χ2v) is 5.47. The van der Waals surface area contributed by atoms with Crippen LogP contribution in [0.15, 0.2) is 52.4 Å². The fraction of sp³-hybridized carbons (Fsp3) is 0.154. The Morgan fingerprint density at radius 2 is 2.06 bits per heavy atom. The van der Waals surface area contributed by atoms with Crippen molar-refractivity contribution in [2.24, 2.45) is 0 Å². The van der Waals surface area contributed by atoms with Crippen LogP contribution in [0.3, 0.4) is 0 Å². The van der Waals surface area contributed by atoms with Gasteiger partial charge in [0.2, 0.25) is 0 Å². The van der Waals surface area contributed by atoms with Gasteiger partial charge >= 0.3 is 5.97 Å². The molecule has 0 saturated heterocycles. The molecule has 1 heterocycles. The number of thioether (sulfide) groups is 1. The molecule has 0 spiro atoms. The normalized spacial score (nSPS) is 18.1. The molecule has 17 heavy (non-hydrogen) atoms. The average Bonchev–Trinajstić information content (AvgIpc) is 2.39. The number of halogens is 1. The maximum Gasteiger partial charge on any atom is 0.323 e. The van der Waals surface area contributed by atoms with E-state index < -0.39 is 0 Å². The Labute approximate surface area is 113 Å². The fourth-order valence-corrected chi connectivity index (χ4v) is 2.31. The highest BCUT2D eigenvalue weighted by Crippen LogP contribution is 2.20. The van der Waals surface area contributed by atoms with E-state index in [4.69, 9.17) is 4.74 Å². The second kappa shape index (κ2) is 6.07. The first kappa shape index (κ1) is 12.5. The van der Waals surface area contributed by atoms with Crippen molar-refractivity contribution in [3.05, 3.63) is 57.9 Å². The van der Waals surface area contributed by atoms with Gasteiger partial charge in [0.15, 0.2) is 0 Å². The van der Waals surface area contributed by atoms with E-state index in [9.17, 15) is 4.79 Å². The first-order valence-electron chi connectivity index (χ1n) is 5.15. The number of hydrogen-bond donors (Lipinski definition) is 0. The molecule has 4 heteroatoms. The zero-order chi connectivity index (χ0) is 12.1. The molecule has 0 aliphatic carbocycles. The summed E-state index contributed by atoms with van der Waals surface area (Å²) in [4.78, 5) is 11.7. The highest BCUT2D eigenvalue weighted by molar-refractivity contribution is 9.10. The van der Waals surface area contributed by atoms with Crippen molar-refractivity contribution in [3.63, 3.8) is 0 Å². The maximum absolute atomic E-state index is 11.7. The molecule has 1 aliphatic rings. The van der Waals surface area contributed by atoms with Crippen molar-refractivity contribution in [2.45, 2.75) is 11.9 Å². The third kappa shape index (κ3) is 3.75. The van der Waals surface area contributed by atoms with Gasteiger partial charge in [-0.15, -0.1) is 11.8 Å². The van der Waals surface area contributed by atoms with E-state index in [0.717, 1.165) is 10.0 Å². The summed E-state index contributed by atoms with van der Waals surface area (Å²) in [6, 6.07) is 7.73. The summed E-state index contributed by atoms with van der Waals surface area (Å²) in [5.41, 5.74) is 0.988. The van der Waals surface area contributed by atoms with Gasteiger partial charge in [0.05, 0.1) is 0 Å². The Morgan fingerprint density at radius 1 is 1.29 bits per heavy atom. The van der Waals surface area contributed by atoms with Crippen LogP contribution in [0.5, 0.6) is 0 Å². The van der Waals surface area contributed by atoms with E-state index in [1.807, 2.05) is 47.9 Å². The SMILES string of the molecule is O=C(OCc1ccc(Br)cc1)C1C=CC=CS1. The maximum atomic E-state index is 11.7. The van der Waals surface area contributed by atoms with Crippen LogP contribution in [0.25, 0.3) is 0 Å². The molecule has 0 bridgehead atoms. The summed E-state index contributed by atoms with van der Waals surface area (Å²) in [5, 5.41) is 1.68. The fourth-order valence-electron chi connectivity index (χ4n) is 1.34. The largest absolute Gasteiger partial charge is 0.460 e. The lowest BCUT2D eigenvalue weighted by molar-refractivity contribution is -0.143. The Morgan fingerprint density at radius 3 is 2.71 bits per heavy atom. The zero-order valence-electron chi connectivity index (χ0n) is 9.01. The molecule has 1 aromatic rings. The van der Waals surface area contributed by atoms with Gasteiger partial charge in [0, 0.05) is 4.47 Å². The van der Waals surface area contributed by atoms with Gasteiger partial charge in [-0.2, -0.15) is 0 Å². The molecule has 0 saturated carbocycles. The van der Waals surface area contributed by atoms with Gasteiger partial charge in [-0.05, 0) is 23.1 Å². The molecule has 1 atom stereocenters. The van der Waals surface area contributed by atoms with Crippen LogP contribution in [-0.2, 0) is 16.1 Å². The Balaban J connectivity index is 1.85. The summed E-state index contributed by atoms with van der Waals surface area (Å²) in [7, 11) is 0. The summed E-state index contributed by atoms with van der Waals surface area (Å²) in [6.07, 6.45) is 5.61. The van der Waals surface area contributed by atoms with Gasteiger partial charge in [0.1, 0.15) is 11.9 Å². The number of carbonyl (C=O) groups excluding carboxylic acids is 1. The molecule has 1 aromatic carbocycles. The third-order valence-corrected chi connectivity index (χ3v) is 3.71. The molecule has 0 radical (unpaired) electrons. The van der Waals surface area contributed by atoms with E-state index >= 15 is 0 Å². The van der Waals surface area contributed by atoms with Crippen LogP contribution in [0, 0.1) is 0 Å². The van der Waals surface area contributed by atoms with E-state index in [2.05, 4.69) is 15.9 Å².